The van der Waals surface area contributed by atoms with Crippen LogP contribution in [0.4, 0.5) is 10.8 Å². The molecule has 5 nitrogen and oxygen atoms in total. The number of hydrogen-bond donors (Lipinski definition) is 2. The zero-order valence-electron chi connectivity index (χ0n) is 12.8. The smallest absolute Gasteiger partial charge is 0.226 e. The summed E-state index contributed by atoms with van der Waals surface area (Å²) in [6, 6.07) is 7.61. The first-order valence-corrected chi connectivity index (χ1v) is 8.46. The summed E-state index contributed by atoms with van der Waals surface area (Å²) in [6.45, 7) is 2.17. The zero-order valence-corrected chi connectivity index (χ0v) is 13.7. The number of benzene rings is 1. The number of aromatic nitrogens is 2. The van der Waals surface area contributed by atoms with Gasteiger partial charge >= 0.3 is 0 Å². The third kappa shape index (κ3) is 5.11. The number of anilines is 2. The summed E-state index contributed by atoms with van der Waals surface area (Å²) in [5, 5.41) is 12.5. The van der Waals surface area contributed by atoms with E-state index in [0.717, 1.165) is 29.1 Å². The molecule has 1 heterocycles. The van der Waals surface area contributed by atoms with Crippen LogP contribution in [0.25, 0.3) is 0 Å². The molecule has 22 heavy (non-hydrogen) atoms. The number of unbranched alkanes of at least 4 members (excludes halogenated alkanes) is 2. The summed E-state index contributed by atoms with van der Waals surface area (Å²) >= 11 is 1.46. The first kappa shape index (κ1) is 16.4. The Morgan fingerprint density at radius 2 is 2.05 bits per heavy atom. The molecular weight excluding hydrogens is 296 g/mol. The molecule has 0 saturated carbocycles. The summed E-state index contributed by atoms with van der Waals surface area (Å²) in [7, 11) is 0. The number of nitrogens with zero attached hydrogens (tertiary/aromatic N) is 2. The van der Waals surface area contributed by atoms with E-state index < -0.39 is 0 Å². The van der Waals surface area contributed by atoms with Gasteiger partial charge in [0.05, 0.1) is 0 Å². The predicted octanol–water partition coefficient (Wildman–Crippen LogP) is 3.42. The van der Waals surface area contributed by atoms with E-state index in [1.54, 1.807) is 0 Å². The van der Waals surface area contributed by atoms with Gasteiger partial charge in [-0.25, -0.2) is 0 Å². The fourth-order valence-corrected chi connectivity index (χ4v) is 2.92. The number of para-hydroxylation sites is 1. The highest BCUT2D eigenvalue weighted by Gasteiger charge is 2.09. The van der Waals surface area contributed by atoms with Crippen LogP contribution in [0, 0.1) is 0 Å². The van der Waals surface area contributed by atoms with E-state index >= 15 is 0 Å². The summed E-state index contributed by atoms with van der Waals surface area (Å²) < 4.78 is 0. The number of nitrogens with one attached hydrogen (secondary N) is 1. The van der Waals surface area contributed by atoms with Gasteiger partial charge in [0.15, 0.2) is 0 Å². The molecule has 2 rings (SSSR count). The Morgan fingerprint density at radius 3 is 2.82 bits per heavy atom. The van der Waals surface area contributed by atoms with E-state index in [-0.39, 0.29) is 5.91 Å². The van der Waals surface area contributed by atoms with E-state index in [9.17, 15) is 4.79 Å². The molecule has 0 spiro atoms. The number of carbonyl (C=O) groups excluding carboxylic acids is 1. The van der Waals surface area contributed by atoms with Crippen LogP contribution in [-0.4, -0.2) is 16.1 Å². The van der Waals surface area contributed by atoms with E-state index in [4.69, 9.17) is 5.73 Å². The number of hydrogen-bond acceptors (Lipinski definition) is 5. The lowest BCUT2D eigenvalue weighted by molar-refractivity contribution is -0.116. The third-order valence-corrected chi connectivity index (χ3v) is 4.28. The molecule has 0 bridgehead atoms. The highest BCUT2D eigenvalue weighted by Crippen LogP contribution is 2.18. The molecule has 0 aliphatic carbocycles. The first-order chi connectivity index (χ1) is 10.7. The molecule has 0 saturated heterocycles. The average molecular weight is 318 g/mol. The number of nitrogen functional groups attached to an aromatic ring is 1. The minimum Gasteiger partial charge on any atom is -0.399 e. The summed E-state index contributed by atoms with van der Waals surface area (Å²) in [4.78, 5) is 12.0. The molecule has 0 fully saturated rings. The molecule has 1 amide bonds. The lowest BCUT2D eigenvalue weighted by atomic mass is 10.1. The Bertz CT molecular complexity index is 612. The van der Waals surface area contributed by atoms with Crippen molar-refractivity contribution in [1.29, 1.82) is 0 Å². The van der Waals surface area contributed by atoms with Crippen molar-refractivity contribution in [3.05, 3.63) is 34.8 Å². The maximum absolute atomic E-state index is 12.0. The zero-order chi connectivity index (χ0) is 15.8. The van der Waals surface area contributed by atoms with Crippen molar-refractivity contribution >= 4 is 28.1 Å². The van der Waals surface area contributed by atoms with Crippen LogP contribution in [0.5, 0.6) is 0 Å². The lowest BCUT2D eigenvalue weighted by Crippen LogP contribution is -2.12. The number of aryl methyl sites for hydroxylation is 2. The van der Waals surface area contributed by atoms with Crippen LogP contribution in [0.15, 0.2) is 24.3 Å². The molecule has 2 aromatic rings. The molecule has 0 radical (unpaired) electrons. The van der Waals surface area contributed by atoms with Crippen molar-refractivity contribution in [2.24, 2.45) is 0 Å². The van der Waals surface area contributed by atoms with Gasteiger partial charge in [-0.05, 0) is 24.5 Å². The highest BCUT2D eigenvalue weighted by atomic mass is 32.1. The van der Waals surface area contributed by atoms with Gasteiger partial charge in [-0.3, -0.25) is 4.79 Å². The minimum atomic E-state index is -0.0560. The van der Waals surface area contributed by atoms with Crippen LogP contribution in [0.3, 0.4) is 0 Å². The van der Waals surface area contributed by atoms with Crippen LogP contribution in [-0.2, 0) is 17.6 Å². The Kier molecular flexibility index (Phi) is 6.33. The van der Waals surface area contributed by atoms with Gasteiger partial charge in [-0.2, -0.15) is 0 Å². The van der Waals surface area contributed by atoms with Gasteiger partial charge in [0.1, 0.15) is 5.01 Å². The fourth-order valence-electron chi connectivity index (χ4n) is 2.12. The van der Waals surface area contributed by atoms with E-state index in [1.165, 1.54) is 24.2 Å². The predicted molar refractivity (Wildman–Crippen MR) is 90.9 cm³/mol. The second kappa shape index (κ2) is 8.48. The molecule has 0 atom stereocenters. The van der Waals surface area contributed by atoms with Gasteiger partial charge in [0.2, 0.25) is 11.0 Å². The molecule has 3 N–H and O–H groups in total. The Hall–Kier alpha value is -1.95. The van der Waals surface area contributed by atoms with E-state index in [0.29, 0.717) is 18.0 Å². The maximum atomic E-state index is 12.0. The number of amides is 1. The summed E-state index contributed by atoms with van der Waals surface area (Å²) in [5.74, 6) is -0.0560. The van der Waals surface area contributed by atoms with E-state index in [2.05, 4.69) is 22.4 Å². The van der Waals surface area contributed by atoms with Crippen molar-refractivity contribution in [2.75, 3.05) is 11.1 Å². The Morgan fingerprint density at radius 1 is 1.23 bits per heavy atom. The summed E-state index contributed by atoms with van der Waals surface area (Å²) in [5.41, 5.74) is 7.59. The minimum absolute atomic E-state index is 0.0560. The Labute approximate surface area is 135 Å². The van der Waals surface area contributed by atoms with Gasteiger partial charge < -0.3 is 11.1 Å². The monoisotopic (exact) mass is 318 g/mol. The van der Waals surface area contributed by atoms with Crippen molar-refractivity contribution in [3.8, 4) is 0 Å². The van der Waals surface area contributed by atoms with Gasteiger partial charge in [-0.1, -0.05) is 49.3 Å². The van der Waals surface area contributed by atoms with Crippen molar-refractivity contribution < 1.29 is 4.79 Å². The second-order valence-electron chi connectivity index (χ2n) is 5.21. The standard InChI is InChI=1S/C16H22N4OS/c1-2-3-4-9-15-19-20-16(22-15)18-14(21)11-10-12-7-5-6-8-13(12)17/h5-8H,2-4,9-11,17H2,1H3,(H,18,20,21). The number of nitrogens with two attached hydrogens (primary N) is 1. The van der Waals surface area contributed by atoms with Crippen molar-refractivity contribution in [1.82, 2.24) is 10.2 Å². The lowest BCUT2D eigenvalue weighted by Gasteiger charge is -2.04. The maximum Gasteiger partial charge on any atom is 0.226 e. The first-order valence-electron chi connectivity index (χ1n) is 7.64. The van der Waals surface area contributed by atoms with Crippen molar-refractivity contribution in [3.63, 3.8) is 0 Å². The second-order valence-corrected chi connectivity index (χ2v) is 6.27. The average Bonchev–Trinajstić information content (AvgIpc) is 2.94. The molecule has 1 aromatic heterocycles. The molecule has 0 aliphatic heterocycles. The quantitative estimate of drug-likeness (QED) is 0.577. The largest absolute Gasteiger partial charge is 0.399 e. The van der Waals surface area contributed by atoms with Crippen LogP contribution < -0.4 is 11.1 Å². The molecule has 0 unspecified atom stereocenters. The number of rotatable bonds is 8. The molecule has 6 heteroatoms. The molecule has 0 aliphatic rings. The third-order valence-electron chi connectivity index (χ3n) is 3.38. The van der Waals surface area contributed by atoms with Gasteiger partial charge in [-0.15, -0.1) is 10.2 Å². The van der Waals surface area contributed by atoms with Crippen molar-refractivity contribution in [2.45, 2.75) is 45.4 Å². The Balaban J connectivity index is 1.78. The summed E-state index contributed by atoms with van der Waals surface area (Å²) in [6.07, 6.45) is 5.44. The fraction of sp³-hybridized carbons (Fsp3) is 0.438. The normalized spacial score (nSPS) is 10.6. The molecular formula is C16H22N4OS. The highest BCUT2D eigenvalue weighted by molar-refractivity contribution is 7.15. The van der Waals surface area contributed by atoms with Gasteiger partial charge in [0, 0.05) is 18.5 Å². The topological polar surface area (TPSA) is 80.9 Å². The number of carbonyl (C=O) groups is 1. The SMILES string of the molecule is CCCCCc1nnc(NC(=O)CCc2ccccc2N)s1. The van der Waals surface area contributed by atoms with Crippen LogP contribution >= 0.6 is 11.3 Å². The molecule has 1 aromatic carbocycles. The van der Waals surface area contributed by atoms with Crippen LogP contribution in [0.1, 0.15) is 43.2 Å². The van der Waals surface area contributed by atoms with E-state index in [1.807, 2.05) is 24.3 Å². The van der Waals surface area contributed by atoms with Gasteiger partial charge in [0.25, 0.3) is 0 Å². The molecule has 118 valence electrons. The van der Waals surface area contributed by atoms with Crippen LogP contribution in [0.2, 0.25) is 0 Å².